The van der Waals surface area contributed by atoms with Crippen molar-refractivity contribution in [2.24, 2.45) is 0 Å². The van der Waals surface area contributed by atoms with Crippen molar-refractivity contribution in [1.29, 1.82) is 0 Å². The molecular weight excluding hydrogens is 216 g/mol. The van der Waals surface area contributed by atoms with Crippen molar-refractivity contribution in [3.05, 3.63) is 29.3 Å². The monoisotopic (exact) mass is 234 g/mol. The largest absolute Gasteiger partial charge is 0.385 e. The van der Waals surface area contributed by atoms with Crippen molar-refractivity contribution in [2.75, 3.05) is 32.1 Å². The molecule has 92 valence electrons. The fourth-order valence-electron chi connectivity index (χ4n) is 1.98. The third kappa shape index (κ3) is 2.97. The molecule has 2 rings (SSSR count). The molecule has 0 radical (unpaired) electrons. The lowest BCUT2D eigenvalue weighted by Crippen LogP contribution is -2.27. The van der Waals surface area contributed by atoms with Crippen LogP contribution in [0.2, 0.25) is 0 Å². The minimum atomic E-state index is -0.0320. The summed E-state index contributed by atoms with van der Waals surface area (Å²) in [5.74, 6) is -0.0320. The fraction of sp³-hybridized carbons (Fsp3) is 0.462. The average Bonchev–Trinajstić information content (AvgIpc) is 2.38. The molecule has 0 spiro atoms. The lowest BCUT2D eigenvalue weighted by atomic mass is 10.0. The second-order valence-electron chi connectivity index (χ2n) is 4.15. The zero-order valence-electron chi connectivity index (χ0n) is 10.1. The Kier molecular flexibility index (Phi) is 3.98. The van der Waals surface area contributed by atoms with E-state index in [-0.39, 0.29) is 5.91 Å². The van der Waals surface area contributed by atoms with Crippen LogP contribution in [-0.2, 0) is 11.2 Å². The van der Waals surface area contributed by atoms with E-state index in [1.165, 1.54) is 5.56 Å². The van der Waals surface area contributed by atoms with Crippen molar-refractivity contribution in [3.8, 4) is 0 Å². The number of hydrogen-bond donors (Lipinski definition) is 2. The van der Waals surface area contributed by atoms with Gasteiger partial charge in [-0.25, -0.2) is 0 Å². The minimum absolute atomic E-state index is 0.0320. The van der Waals surface area contributed by atoms with E-state index in [1.54, 1.807) is 7.11 Å². The van der Waals surface area contributed by atoms with E-state index in [4.69, 9.17) is 4.74 Å². The van der Waals surface area contributed by atoms with E-state index in [0.717, 1.165) is 30.6 Å². The highest BCUT2D eigenvalue weighted by Crippen LogP contribution is 2.22. The molecule has 17 heavy (non-hydrogen) atoms. The van der Waals surface area contributed by atoms with Crippen LogP contribution in [0.1, 0.15) is 22.3 Å². The van der Waals surface area contributed by atoms with Crippen LogP contribution < -0.4 is 10.6 Å². The molecule has 0 saturated heterocycles. The van der Waals surface area contributed by atoms with Gasteiger partial charge in [-0.2, -0.15) is 0 Å². The maximum atomic E-state index is 11.8. The standard InChI is InChI=1S/C13H18N2O2/c1-17-8-7-15-13(16)11-4-5-12-10(9-11)3-2-6-14-12/h4-5,9,14H,2-3,6-8H2,1H3,(H,15,16). The Balaban J connectivity index is 2.03. The first-order valence-corrected chi connectivity index (χ1v) is 5.95. The number of carbonyl (C=O) groups is 1. The minimum Gasteiger partial charge on any atom is -0.385 e. The molecule has 4 nitrogen and oxygen atoms in total. The number of fused-ring (bicyclic) bond motifs is 1. The van der Waals surface area contributed by atoms with Crippen LogP contribution in [0.4, 0.5) is 5.69 Å². The van der Waals surface area contributed by atoms with Crippen LogP contribution in [0.5, 0.6) is 0 Å². The van der Waals surface area contributed by atoms with Crippen LogP contribution in [0, 0.1) is 0 Å². The van der Waals surface area contributed by atoms with Crippen LogP contribution >= 0.6 is 0 Å². The molecule has 0 saturated carbocycles. The van der Waals surface area contributed by atoms with Crippen molar-refractivity contribution >= 4 is 11.6 Å². The summed E-state index contributed by atoms with van der Waals surface area (Å²) in [5.41, 5.74) is 3.11. The van der Waals surface area contributed by atoms with Crippen LogP contribution in [0.15, 0.2) is 18.2 Å². The summed E-state index contributed by atoms with van der Waals surface area (Å²) in [7, 11) is 1.62. The number of hydrogen-bond acceptors (Lipinski definition) is 3. The van der Waals surface area contributed by atoms with Gasteiger partial charge in [-0.1, -0.05) is 0 Å². The van der Waals surface area contributed by atoms with Crippen molar-refractivity contribution in [2.45, 2.75) is 12.8 Å². The highest BCUT2D eigenvalue weighted by Gasteiger charge is 2.11. The first kappa shape index (κ1) is 11.9. The highest BCUT2D eigenvalue weighted by molar-refractivity contribution is 5.94. The molecule has 0 fully saturated rings. The summed E-state index contributed by atoms with van der Waals surface area (Å²) in [6, 6.07) is 5.82. The molecule has 1 aromatic carbocycles. The van der Waals surface area contributed by atoms with Gasteiger partial charge in [0.1, 0.15) is 0 Å². The molecule has 2 N–H and O–H groups in total. The van der Waals surface area contributed by atoms with Gasteiger partial charge in [-0.15, -0.1) is 0 Å². The molecule has 0 bridgehead atoms. The summed E-state index contributed by atoms with van der Waals surface area (Å²) < 4.78 is 4.89. The van der Waals surface area contributed by atoms with Gasteiger partial charge in [0.05, 0.1) is 6.61 Å². The van der Waals surface area contributed by atoms with Crippen molar-refractivity contribution in [3.63, 3.8) is 0 Å². The van der Waals surface area contributed by atoms with E-state index < -0.39 is 0 Å². The van der Waals surface area contributed by atoms with Gasteiger partial charge in [0, 0.05) is 31.5 Å². The molecule has 0 aromatic heterocycles. The number of amides is 1. The average molecular weight is 234 g/mol. The van der Waals surface area contributed by atoms with Gasteiger partial charge in [0.15, 0.2) is 0 Å². The summed E-state index contributed by atoms with van der Waals surface area (Å²) in [4.78, 5) is 11.8. The Labute approximate surface area is 101 Å². The van der Waals surface area contributed by atoms with E-state index in [1.807, 2.05) is 18.2 Å². The number of nitrogens with one attached hydrogen (secondary N) is 2. The summed E-state index contributed by atoms with van der Waals surface area (Å²) in [5, 5.41) is 6.15. The molecular formula is C13H18N2O2. The Hall–Kier alpha value is -1.55. The molecule has 0 aliphatic carbocycles. The number of rotatable bonds is 4. The molecule has 1 aliphatic heterocycles. The number of carbonyl (C=O) groups excluding carboxylic acids is 1. The van der Waals surface area contributed by atoms with Gasteiger partial charge >= 0.3 is 0 Å². The third-order valence-corrected chi connectivity index (χ3v) is 2.90. The molecule has 1 amide bonds. The summed E-state index contributed by atoms with van der Waals surface area (Å²) in [6.07, 6.45) is 2.17. The van der Waals surface area contributed by atoms with Gasteiger partial charge < -0.3 is 15.4 Å². The predicted octanol–water partition coefficient (Wildman–Crippen LogP) is 1.42. The molecule has 1 aliphatic rings. The molecule has 1 aromatic rings. The number of aryl methyl sites for hydroxylation is 1. The Morgan fingerprint density at radius 3 is 3.24 bits per heavy atom. The molecule has 0 atom stereocenters. The highest BCUT2D eigenvalue weighted by atomic mass is 16.5. The Morgan fingerprint density at radius 2 is 2.41 bits per heavy atom. The first-order chi connectivity index (χ1) is 8.31. The number of ether oxygens (including phenoxy) is 1. The normalized spacial score (nSPS) is 13.7. The quantitative estimate of drug-likeness (QED) is 0.775. The Bertz CT molecular complexity index is 404. The van der Waals surface area contributed by atoms with Gasteiger partial charge in [-0.05, 0) is 36.6 Å². The first-order valence-electron chi connectivity index (χ1n) is 5.95. The molecule has 0 unspecified atom stereocenters. The lowest BCUT2D eigenvalue weighted by molar-refractivity contribution is 0.0937. The van der Waals surface area contributed by atoms with Gasteiger partial charge in [-0.3, -0.25) is 4.79 Å². The lowest BCUT2D eigenvalue weighted by Gasteiger charge is -2.18. The number of methoxy groups -OCH3 is 1. The predicted molar refractivity (Wildman–Crippen MR) is 67.5 cm³/mol. The van der Waals surface area contributed by atoms with Crippen LogP contribution in [0.3, 0.4) is 0 Å². The zero-order chi connectivity index (χ0) is 12.1. The van der Waals surface area contributed by atoms with Gasteiger partial charge in [0.25, 0.3) is 5.91 Å². The fourth-order valence-corrected chi connectivity index (χ4v) is 1.98. The smallest absolute Gasteiger partial charge is 0.251 e. The maximum Gasteiger partial charge on any atom is 0.251 e. The molecule has 4 heteroatoms. The van der Waals surface area contributed by atoms with Crippen LogP contribution in [-0.4, -0.2) is 32.7 Å². The van der Waals surface area contributed by atoms with E-state index in [2.05, 4.69) is 10.6 Å². The van der Waals surface area contributed by atoms with Crippen LogP contribution in [0.25, 0.3) is 0 Å². The van der Waals surface area contributed by atoms with E-state index >= 15 is 0 Å². The molecule has 1 heterocycles. The SMILES string of the molecule is COCCNC(=O)c1ccc2c(c1)CCCN2. The second kappa shape index (κ2) is 5.68. The van der Waals surface area contributed by atoms with E-state index in [9.17, 15) is 4.79 Å². The summed E-state index contributed by atoms with van der Waals surface area (Å²) in [6.45, 7) is 2.11. The number of anilines is 1. The van der Waals surface area contributed by atoms with Crippen molar-refractivity contribution in [1.82, 2.24) is 5.32 Å². The second-order valence-corrected chi connectivity index (χ2v) is 4.15. The number of benzene rings is 1. The zero-order valence-corrected chi connectivity index (χ0v) is 10.1. The third-order valence-electron chi connectivity index (χ3n) is 2.90. The van der Waals surface area contributed by atoms with Crippen molar-refractivity contribution < 1.29 is 9.53 Å². The maximum absolute atomic E-state index is 11.8. The van der Waals surface area contributed by atoms with Gasteiger partial charge in [0.2, 0.25) is 0 Å². The topological polar surface area (TPSA) is 50.4 Å². The Morgan fingerprint density at radius 1 is 1.53 bits per heavy atom. The summed E-state index contributed by atoms with van der Waals surface area (Å²) >= 11 is 0. The van der Waals surface area contributed by atoms with E-state index in [0.29, 0.717) is 13.2 Å².